The Bertz CT molecular complexity index is 491. The first-order valence-corrected chi connectivity index (χ1v) is 6.08. The summed E-state index contributed by atoms with van der Waals surface area (Å²) in [7, 11) is 1.95. The lowest BCUT2D eigenvalue weighted by Gasteiger charge is -2.18. The van der Waals surface area contributed by atoms with Gasteiger partial charge in [-0.05, 0) is 31.2 Å². The summed E-state index contributed by atoms with van der Waals surface area (Å²) in [5, 5.41) is 4.11. The van der Waals surface area contributed by atoms with Gasteiger partial charge in [-0.25, -0.2) is 0 Å². The van der Waals surface area contributed by atoms with Crippen LogP contribution in [0.2, 0.25) is 5.02 Å². The van der Waals surface area contributed by atoms with E-state index in [0.29, 0.717) is 0 Å². The van der Waals surface area contributed by atoms with Crippen LogP contribution in [0.4, 0.5) is 0 Å². The van der Waals surface area contributed by atoms with Gasteiger partial charge in [0, 0.05) is 5.02 Å². The molecule has 0 aliphatic carbocycles. The van der Waals surface area contributed by atoms with Gasteiger partial charge in [0.25, 0.3) is 0 Å². The Labute approximate surface area is 107 Å². The summed E-state index contributed by atoms with van der Waals surface area (Å²) in [6.07, 6.45) is 0. The normalized spacial score (nSPS) is 12.4. The van der Waals surface area contributed by atoms with Crippen molar-refractivity contribution in [1.82, 2.24) is 5.32 Å². The van der Waals surface area contributed by atoms with Crippen molar-refractivity contribution in [2.75, 3.05) is 7.05 Å². The van der Waals surface area contributed by atoms with Crippen molar-refractivity contribution in [1.29, 1.82) is 0 Å². The maximum Gasteiger partial charge on any atom is 0.0589 e. The van der Waals surface area contributed by atoms with E-state index in [1.54, 1.807) is 0 Å². The molecule has 2 rings (SSSR count). The summed E-state index contributed by atoms with van der Waals surface area (Å²) in [4.78, 5) is 0. The smallest absolute Gasteiger partial charge is 0.0589 e. The molecule has 1 N–H and O–H groups in total. The maximum atomic E-state index is 6.24. The van der Waals surface area contributed by atoms with Crippen LogP contribution < -0.4 is 5.32 Å². The van der Waals surface area contributed by atoms with E-state index in [9.17, 15) is 0 Å². The molecular weight excluding hydrogens is 230 g/mol. The van der Waals surface area contributed by atoms with Crippen LogP contribution in [0.5, 0.6) is 0 Å². The van der Waals surface area contributed by atoms with Crippen LogP contribution >= 0.6 is 11.6 Å². The molecule has 1 nitrogen and oxygen atoms in total. The molecule has 17 heavy (non-hydrogen) atoms. The zero-order chi connectivity index (χ0) is 12.3. The van der Waals surface area contributed by atoms with E-state index in [1.807, 2.05) is 25.2 Å². The SMILES string of the molecule is CNC(c1ccc(C)cc1)c1ccccc1Cl. The van der Waals surface area contributed by atoms with E-state index in [4.69, 9.17) is 11.6 Å². The largest absolute Gasteiger partial charge is 0.309 e. The lowest BCUT2D eigenvalue weighted by Crippen LogP contribution is -2.17. The standard InChI is InChI=1S/C15H16ClN/c1-11-7-9-12(10-8-11)15(17-2)13-5-3-4-6-14(13)16/h3-10,15,17H,1-2H3. The second-order valence-electron chi connectivity index (χ2n) is 4.15. The summed E-state index contributed by atoms with van der Waals surface area (Å²) in [5.74, 6) is 0. The number of hydrogen-bond donors (Lipinski definition) is 1. The quantitative estimate of drug-likeness (QED) is 0.863. The Balaban J connectivity index is 2.40. The van der Waals surface area contributed by atoms with E-state index >= 15 is 0 Å². The predicted octanol–water partition coefficient (Wildman–Crippen LogP) is 3.96. The summed E-state index contributed by atoms with van der Waals surface area (Å²) >= 11 is 6.24. The Kier molecular flexibility index (Phi) is 3.82. The average molecular weight is 246 g/mol. The van der Waals surface area contributed by atoms with Crippen molar-refractivity contribution < 1.29 is 0 Å². The molecule has 0 heterocycles. The summed E-state index contributed by atoms with van der Waals surface area (Å²) < 4.78 is 0. The van der Waals surface area contributed by atoms with E-state index in [2.05, 4.69) is 42.6 Å². The number of aryl methyl sites for hydroxylation is 1. The van der Waals surface area contributed by atoms with Crippen LogP contribution in [0.3, 0.4) is 0 Å². The van der Waals surface area contributed by atoms with E-state index in [0.717, 1.165) is 10.6 Å². The number of rotatable bonds is 3. The van der Waals surface area contributed by atoms with E-state index in [-0.39, 0.29) is 6.04 Å². The van der Waals surface area contributed by atoms with Crippen LogP contribution in [-0.2, 0) is 0 Å². The molecule has 2 aromatic carbocycles. The van der Waals surface area contributed by atoms with Crippen LogP contribution in [0, 0.1) is 6.92 Å². The monoisotopic (exact) mass is 245 g/mol. The molecule has 1 unspecified atom stereocenters. The Morgan fingerprint density at radius 1 is 1.00 bits per heavy atom. The Hall–Kier alpha value is -1.31. The summed E-state index contributed by atoms with van der Waals surface area (Å²) in [6, 6.07) is 16.6. The molecule has 2 aromatic rings. The Morgan fingerprint density at radius 3 is 2.24 bits per heavy atom. The lowest BCUT2D eigenvalue weighted by molar-refractivity contribution is 0.692. The van der Waals surface area contributed by atoms with Crippen molar-refractivity contribution in [3.63, 3.8) is 0 Å². The van der Waals surface area contributed by atoms with Gasteiger partial charge in [0.2, 0.25) is 0 Å². The molecule has 1 atom stereocenters. The molecular formula is C15H16ClN. The molecule has 88 valence electrons. The van der Waals surface area contributed by atoms with Crippen molar-refractivity contribution in [3.8, 4) is 0 Å². The highest BCUT2D eigenvalue weighted by molar-refractivity contribution is 6.31. The average Bonchev–Trinajstić information content (AvgIpc) is 2.35. The van der Waals surface area contributed by atoms with Crippen molar-refractivity contribution in [2.24, 2.45) is 0 Å². The molecule has 0 radical (unpaired) electrons. The first-order valence-electron chi connectivity index (χ1n) is 5.70. The fraction of sp³-hybridized carbons (Fsp3) is 0.200. The zero-order valence-electron chi connectivity index (χ0n) is 10.1. The van der Waals surface area contributed by atoms with Gasteiger partial charge in [-0.15, -0.1) is 0 Å². The molecule has 0 aliphatic heterocycles. The Morgan fingerprint density at radius 2 is 1.65 bits per heavy atom. The fourth-order valence-electron chi connectivity index (χ4n) is 1.97. The van der Waals surface area contributed by atoms with Gasteiger partial charge >= 0.3 is 0 Å². The molecule has 0 spiro atoms. The van der Waals surface area contributed by atoms with Gasteiger partial charge in [-0.2, -0.15) is 0 Å². The van der Waals surface area contributed by atoms with Gasteiger partial charge < -0.3 is 5.32 Å². The minimum Gasteiger partial charge on any atom is -0.309 e. The minimum atomic E-state index is 0.143. The molecule has 0 aliphatic rings. The molecule has 0 fully saturated rings. The maximum absolute atomic E-state index is 6.24. The van der Waals surface area contributed by atoms with Crippen molar-refractivity contribution in [2.45, 2.75) is 13.0 Å². The molecule has 0 aromatic heterocycles. The van der Waals surface area contributed by atoms with Crippen LogP contribution in [0.15, 0.2) is 48.5 Å². The van der Waals surface area contributed by atoms with E-state index < -0.39 is 0 Å². The third-order valence-corrected chi connectivity index (χ3v) is 3.26. The van der Waals surface area contributed by atoms with Gasteiger partial charge in [0.1, 0.15) is 0 Å². The fourth-order valence-corrected chi connectivity index (χ4v) is 2.21. The highest BCUT2D eigenvalue weighted by Gasteiger charge is 2.14. The second kappa shape index (κ2) is 5.35. The number of nitrogens with one attached hydrogen (secondary N) is 1. The zero-order valence-corrected chi connectivity index (χ0v) is 10.8. The van der Waals surface area contributed by atoms with Gasteiger partial charge in [0.05, 0.1) is 6.04 Å². The first-order chi connectivity index (χ1) is 8.22. The number of halogens is 1. The molecule has 0 saturated carbocycles. The highest BCUT2D eigenvalue weighted by Crippen LogP contribution is 2.27. The lowest BCUT2D eigenvalue weighted by atomic mass is 9.98. The van der Waals surface area contributed by atoms with Crippen LogP contribution in [-0.4, -0.2) is 7.05 Å². The van der Waals surface area contributed by atoms with Crippen LogP contribution in [0.1, 0.15) is 22.7 Å². The van der Waals surface area contributed by atoms with Crippen LogP contribution in [0.25, 0.3) is 0 Å². The van der Waals surface area contributed by atoms with E-state index in [1.165, 1.54) is 11.1 Å². The topological polar surface area (TPSA) is 12.0 Å². The van der Waals surface area contributed by atoms with Gasteiger partial charge in [0.15, 0.2) is 0 Å². The number of benzene rings is 2. The first kappa shape index (κ1) is 12.2. The van der Waals surface area contributed by atoms with Crippen molar-refractivity contribution in [3.05, 3.63) is 70.2 Å². The molecule has 0 amide bonds. The molecule has 0 saturated heterocycles. The molecule has 2 heteroatoms. The summed E-state index contributed by atoms with van der Waals surface area (Å²) in [6.45, 7) is 2.09. The predicted molar refractivity (Wildman–Crippen MR) is 73.5 cm³/mol. The number of hydrogen-bond acceptors (Lipinski definition) is 1. The van der Waals surface area contributed by atoms with Gasteiger partial charge in [-0.3, -0.25) is 0 Å². The van der Waals surface area contributed by atoms with Crippen molar-refractivity contribution >= 4 is 11.6 Å². The minimum absolute atomic E-state index is 0.143. The third kappa shape index (κ3) is 2.68. The second-order valence-corrected chi connectivity index (χ2v) is 4.56. The summed E-state index contributed by atoms with van der Waals surface area (Å²) in [5.41, 5.74) is 3.61. The third-order valence-electron chi connectivity index (χ3n) is 2.92. The molecule has 0 bridgehead atoms. The highest BCUT2D eigenvalue weighted by atomic mass is 35.5. The van der Waals surface area contributed by atoms with Gasteiger partial charge in [-0.1, -0.05) is 59.6 Å².